The van der Waals surface area contributed by atoms with Gasteiger partial charge in [0.05, 0.1) is 0 Å². The van der Waals surface area contributed by atoms with E-state index in [1.807, 2.05) is 12.1 Å². The molecule has 1 aromatic heterocycles. The normalized spacial score (nSPS) is 23.2. The molecule has 16 heavy (non-hydrogen) atoms. The second-order valence-corrected chi connectivity index (χ2v) is 4.48. The van der Waals surface area contributed by atoms with E-state index in [2.05, 4.69) is 9.98 Å². The Balaban J connectivity index is 1.93. The van der Waals surface area contributed by atoms with E-state index in [1.165, 1.54) is 6.42 Å². The number of carbonyl (C=O) groups excluding carboxylic acids is 1. The highest BCUT2D eigenvalue weighted by Crippen LogP contribution is 2.36. The van der Waals surface area contributed by atoms with Crippen LogP contribution in [0.2, 0.25) is 0 Å². The number of nitrogens with zero attached hydrogens (tertiary/aromatic N) is 1. The van der Waals surface area contributed by atoms with Crippen molar-refractivity contribution in [3.05, 3.63) is 24.0 Å². The van der Waals surface area contributed by atoms with Crippen molar-refractivity contribution in [1.82, 2.24) is 4.98 Å². The summed E-state index contributed by atoms with van der Waals surface area (Å²) in [5, 5.41) is 0. The zero-order valence-corrected chi connectivity index (χ0v) is 9.03. The third-order valence-corrected chi connectivity index (χ3v) is 3.39. The molecule has 0 saturated heterocycles. The Hall–Kier alpha value is -1.58. The van der Waals surface area contributed by atoms with Crippen molar-refractivity contribution in [2.24, 2.45) is 4.99 Å². The molecule has 1 aliphatic carbocycles. The van der Waals surface area contributed by atoms with Crippen LogP contribution in [0.4, 0.5) is 0 Å². The molecule has 2 aliphatic rings. The standard InChI is InChI=1S/C12H14N2O2/c15-11-12(6-2-1-3-7-12)14-10(16-11)9-5-4-8-13-9/h4-5,8,13H,1-3,6-7H2. The smallest absolute Gasteiger partial charge is 0.340 e. The Bertz CT molecular complexity index is 428. The summed E-state index contributed by atoms with van der Waals surface area (Å²) in [6, 6.07) is 3.74. The quantitative estimate of drug-likeness (QED) is 0.733. The fourth-order valence-electron chi connectivity index (χ4n) is 2.48. The van der Waals surface area contributed by atoms with E-state index < -0.39 is 5.54 Å². The number of H-pyrrole nitrogens is 1. The number of aromatic nitrogens is 1. The van der Waals surface area contributed by atoms with E-state index in [-0.39, 0.29) is 5.97 Å². The van der Waals surface area contributed by atoms with Crippen LogP contribution in [0, 0.1) is 0 Å². The van der Waals surface area contributed by atoms with Gasteiger partial charge in [0.1, 0.15) is 5.69 Å². The van der Waals surface area contributed by atoms with Crippen molar-refractivity contribution < 1.29 is 9.53 Å². The van der Waals surface area contributed by atoms with Gasteiger partial charge in [0.15, 0.2) is 5.54 Å². The van der Waals surface area contributed by atoms with Crippen molar-refractivity contribution in [2.45, 2.75) is 37.6 Å². The molecule has 3 rings (SSSR count). The molecule has 0 unspecified atom stereocenters. The lowest BCUT2D eigenvalue weighted by Crippen LogP contribution is -2.35. The second-order valence-electron chi connectivity index (χ2n) is 4.48. The summed E-state index contributed by atoms with van der Waals surface area (Å²) in [5.41, 5.74) is 0.217. The molecule has 0 amide bonds. The van der Waals surface area contributed by atoms with Crippen molar-refractivity contribution >= 4 is 11.9 Å². The summed E-state index contributed by atoms with van der Waals surface area (Å²) >= 11 is 0. The lowest BCUT2D eigenvalue weighted by molar-refractivity contribution is -0.140. The minimum atomic E-state index is -0.571. The van der Waals surface area contributed by atoms with Crippen LogP contribution in [0.1, 0.15) is 37.8 Å². The van der Waals surface area contributed by atoms with Gasteiger partial charge in [-0.2, -0.15) is 0 Å². The lowest BCUT2D eigenvalue weighted by atomic mass is 9.83. The Morgan fingerprint density at radius 2 is 2.12 bits per heavy atom. The molecule has 84 valence electrons. The molecule has 1 spiro atoms. The Labute approximate surface area is 93.7 Å². The number of nitrogens with one attached hydrogen (secondary N) is 1. The number of aromatic amines is 1. The number of carbonyl (C=O) groups is 1. The summed E-state index contributed by atoms with van der Waals surface area (Å²) in [6.07, 6.45) is 6.79. The number of ether oxygens (including phenoxy) is 1. The molecule has 1 aliphatic heterocycles. The number of cyclic esters (lactones) is 1. The number of hydrogen-bond acceptors (Lipinski definition) is 3. The van der Waals surface area contributed by atoms with Crippen molar-refractivity contribution in [3.63, 3.8) is 0 Å². The largest absolute Gasteiger partial charge is 0.404 e. The summed E-state index contributed by atoms with van der Waals surface area (Å²) in [5.74, 6) is 0.286. The van der Waals surface area contributed by atoms with Crippen LogP contribution in [-0.4, -0.2) is 22.4 Å². The van der Waals surface area contributed by atoms with Gasteiger partial charge in [-0.1, -0.05) is 19.3 Å². The molecule has 4 nitrogen and oxygen atoms in total. The average molecular weight is 218 g/mol. The Kier molecular flexibility index (Phi) is 2.09. The van der Waals surface area contributed by atoms with Gasteiger partial charge in [-0.05, 0) is 25.0 Å². The maximum absolute atomic E-state index is 11.9. The highest BCUT2D eigenvalue weighted by atomic mass is 16.6. The molecule has 1 aromatic rings. The van der Waals surface area contributed by atoms with Crippen molar-refractivity contribution in [2.75, 3.05) is 0 Å². The zero-order valence-electron chi connectivity index (χ0n) is 9.03. The summed E-state index contributed by atoms with van der Waals surface area (Å²) in [6.45, 7) is 0. The van der Waals surface area contributed by atoms with Crippen LogP contribution in [0.15, 0.2) is 23.3 Å². The maximum Gasteiger partial charge on any atom is 0.340 e. The van der Waals surface area contributed by atoms with E-state index in [0.29, 0.717) is 5.90 Å². The highest BCUT2D eigenvalue weighted by molar-refractivity contribution is 6.07. The van der Waals surface area contributed by atoms with Gasteiger partial charge in [-0.15, -0.1) is 0 Å². The summed E-state index contributed by atoms with van der Waals surface area (Å²) in [4.78, 5) is 19.4. The van der Waals surface area contributed by atoms with Gasteiger partial charge in [0, 0.05) is 6.20 Å². The number of rotatable bonds is 1. The van der Waals surface area contributed by atoms with Crippen LogP contribution >= 0.6 is 0 Å². The molecular weight excluding hydrogens is 204 g/mol. The number of esters is 1. The van der Waals surface area contributed by atoms with Crippen LogP contribution in [0.5, 0.6) is 0 Å². The number of hydrogen-bond donors (Lipinski definition) is 1. The molecule has 0 aromatic carbocycles. The maximum atomic E-state index is 11.9. The second kappa shape index (κ2) is 3.47. The van der Waals surface area contributed by atoms with Gasteiger partial charge >= 0.3 is 5.97 Å². The molecule has 4 heteroatoms. The topological polar surface area (TPSA) is 54.5 Å². The van der Waals surface area contributed by atoms with Crippen LogP contribution < -0.4 is 0 Å². The minimum Gasteiger partial charge on any atom is -0.404 e. The van der Waals surface area contributed by atoms with E-state index >= 15 is 0 Å². The van der Waals surface area contributed by atoms with Crippen LogP contribution in [0.3, 0.4) is 0 Å². The molecular formula is C12H14N2O2. The Morgan fingerprint density at radius 3 is 2.81 bits per heavy atom. The highest BCUT2D eigenvalue weighted by Gasteiger charge is 2.46. The van der Waals surface area contributed by atoms with E-state index in [4.69, 9.17) is 4.74 Å². The Morgan fingerprint density at radius 1 is 1.31 bits per heavy atom. The summed E-state index contributed by atoms with van der Waals surface area (Å²) < 4.78 is 5.28. The fourth-order valence-corrected chi connectivity index (χ4v) is 2.48. The molecule has 1 N–H and O–H groups in total. The molecule has 0 atom stereocenters. The zero-order chi connectivity index (χ0) is 11.0. The molecule has 2 heterocycles. The monoisotopic (exact) mass is 218 g/mol. The molecule has 0 bridgehead atoms. The minimum absolute atomic E-state index is 0.170. The summed E-state index contributed by atoms with van der Waals surface area (Å²) in [7, 11) is 0. The van der Waals surface area contributed by atoms with Gasteiger partial charge in [0.25, 0.3) is 0 Å². The van der Waals surface area contributed by atoms with E-state index in [1.54, 1.807) is 6.20 Å². The van der Waals surface area contributed by atoms with E-state index in [0.717, 1.165) is 31.4 Å². The predicted octanol–water partition coefficient (Wildman–Crippen LogP) is 2.02. The van der Waals surface area contributed by atoms with Crippen molar-refractivity contribution in [1.29, 1.82) is 0 Å². The van der Waals surface area contributed by atoms with Crippen LogP contribution in [0.25, 0.3) is 0 Å². The van der Waals surface area contributed by atoms with Gasteiger partial charge in [-0.3, -0.25) is 0 Å². The predicted molar refractivity (Wildman–Crippen MR) is 59.2 cm³/mol. The third kappa shape index (κ3) is 1.37. The fraction of sp³-hybridized carbons (Fsp3) is 0.500. The first kappa shape index (κ1) is 9.63. The van der Waals surface area contributed by atoms with Gasteiger partial charge < -0.3 is 9.72 Å². The molecule has 1 saturated carbocycles. The SMILES string of the molecule is O=C1OC(c2ccc[nH]2)=NC12CCCCC2. The first-order valence-corrected chi connectivity index (χ1v) is 5.76. The van der Waals surface area contributed by atoms with Gasteiger partial charge in [0.2, 0.25) is 5.90 Å². The van der Waals surface area contributed by atoms with Gasteiger partial charge in [-0.25, -0.2) is 9.79 Å². The van der Waals surface area contributed by atoms with Crippen molar-refractivity contribution in [3.8, 4) is 0 Å². The number of aliphatic imine (C=N–C) groups is 1. The lowest BCUT2D eigenvalue weighted by Gasteiger charge is -2.25. The average Bonchev–Trinajstić information content (AvgIpc) is 2.90. The first-order valence-electron chi connectivity index (χ1n) is 5.76. The third-order valence-electron chi connectivity index (χ3n) is 3.39. The molecule has 1 fully saturated rings. The first-order chi connectivity index (χ1) is 7.80. The molecule has 0 radical (unpaired) electrons. The van der Waals surface area contributed by atoms with E-state index in [9.17, 15) is 4.79 Å². The van der Waals surface area contributed by atoms with Crippen LogP contribution in [-0.2, 0) is 9.53 Å².